The maximum absolute atomic E-state index is 9.92. The molecule has 0 aliphatic heterocycles. The van der Waals surface area contributed by atoms with Gasteiger partial charge in [0.15, 0.2) is 0 Å². The van der Waals surface area contributed by atoms with E-state index in [4.69, 9.17) is 5.73 Å². The molecule has 1 radical (unpaired) electrons. The smallest absolute Gasteiger partial charge is 0 e. The summed E-state index contributed by atoms with van der Waals surface area (Å²) in [6, 6.07) is 9.16. The number of rotatable bonds is 5. The van der Waals surface area contributed by atoms with Crippen molar-refractivity contribution >= 4 is 5.71 Å². The molecule has 1 N–H and O–H groups in total. The van der Waals surface area contributed by atoms with Gasteiger partial charge in [0.25, 0.3) is 0 Å². The summed E-state index contributed by atoms with van der Waals surface area (Å²) in [4.78, 5) is 0. The largest absolute Gasteiger partial charge is 0.803 e. The number of benzene rings is 1. The molecule has 0 spiro atoms. The summed E-state index contributed by atoms with van der Waals surface area (Å²) in [5.74, 6) is 0. The predicted molar refractivity (Wildman–Crippen MR) is 79.4 cm³/mol. The van der Waals surface area contributed by atoms with Crippen molar-refractivity contribution in [3.63, 3.8) is 0 Å². The number of hydrogen-bond donors (Lipinski definition) is 0. The second-order valence-corrected chi connectivity index (χ2v) is 3.67. The van der Waals surface area contributed by atoms with Crippen LogP contribution in [0, 0.1) is 0 Å². The van der Waals surface area contributed by atoms with Crippen LogP contribution in [-0.2, 0) is 32.7 Å². The van der Waals surface area contributed by atoms with Crippen molar-refractivity contribution in [3.8, 4) is 0 Å². The first kappa shape index (κ1) is 17.8. The van der Waals surface area contributed by atoms with Gasteiger partial charge in [-0.05, 0) is 18.1 Å². The SMILES string of the molecule is C=C/C=C(\C=C/C)C(/[NH-])=C/C(=[N-])c1ccccc1.[Y]. The van der Waals surface area contributed by atoms with Gasteiger partial charge in [-0.3, -0.25) is 0 Å². The van der Waals surface area contributed by atoms with E-state index in [1.807, 2.05) is 31.2 Å². The van der Waals surface area contributed by atoms with Gasteiger partial charge in [0.05, 0.1) is 0 Å². The van der Waals surface area contributed by atoms with Crippen LogP contribution in [0.1, 0.15) is 12.5 Å². The Kier molecular flexibility index (Phi) is 9.02. The van der Waals surface area contributed by atoms with E-state index in [-0.39, 0.29) is 44.1 Å². The molecule has 1 aromatic rings. The zero-order valence-electron chi connectivity index (χ0n) is 11.0. The van der Waals surface area contributed by atoms with E-state index in [9.17, 15) is 5.41 Å². The fraction of sp³-hybridized carbons (Fsp3) is 0.0625. The molecule has 0 aliphatic rings. The Morgan fingerprint density at radius 2 is 1.89 bits per heavy atom. The molecule has 1 aromatic carbocycles. The Morgan fingerprint density at radius 1 is 1.26 bits per heavy atom. The fourth-order valence-corrected chi connectivity index (χ4v) is 1.45. The van der Waals surface area contributed by atoms with Crippen molar-refractivity contribution in [2.24, 2.45) is 0 Å². The average molecular weight is 325 g/mol. The Bertz CT molecular complexity index is 511. The Labute approximate surface area is 140 Å². The van der Waals surface area contributed by atoms with Crippen LogP contribution in [0.25, 0.3) is 11.1 Å². The number of hydrogen-bond acceptors (Lipinski definition) is 0. The van der Waals surface area contributed by atoms with Crippen LogP contribution in [0.2, 0.25) is 0 Å². The van der Waals surface area contributed by atoms with Crippen molar-refractivity contribution < 1.29 is 32.7 Å². The molecule has 0 aliphatic carbocycles. The molecule has 95 valence electrons. The topological polar surface area (TPSA) is 46.1 Å². The molecule has 0 saturated heterocycles. The molecule has 0 heterocycles. The van der Waals surface area contributed by atoms with Crippen molar-refractivity contribution in [1.82, 2.24) is 0 Å². The summed E-state index contributed by atoms with van der Waals surface area (Å²) in [7, 11) is 0. The van der Waals surface area contributed by atoms with Gasteiger partial charge >= 0.3 is 0 Å². The van der Waals surface area contributed by atoms with E-state index < -0.39 is 0 Å². The van der Waals surface area contributed by atoms with Gasteiger partial charge in [0.2, 0.25) is 0 Å². The molecule has 0 aromatic heterocycles. The van der Waals surface area contributed by atoms with Crippen molar-refractivity contribution in [2.45, 2.75) is 6.92 Å². The van der Waals surface area contributed by atoms with E-state index >= 15 is 0 Å². The summed E-state index contributed by atoms with van der Waals surface area (Å²) in [6.45, 7) is 5.49. The average Bonchev–Trinajstić information content (AvgIpc) is 2.39. The molecule has 0 fully saturated rings. The van der Waals surface area contributed by atoms with Gasteiger partial charge < -0.3 is 11.1 Å². The van der Waals surface area contributed by atoms with E-state index in [0.29, 0.717) is 11.1 Å². The quantitative estimate of drug-likeness (QED) is 0.558. The number of nitrogens with zero attached hydrogens (tertiary/aromatic N) is 1. The normalized spacial score (nSPS) is 12.1. The van der Waals surface area contributed by atoms with Crippen LogP contribution >= 0.6 is 0 Å². The van der Waals surface area contributed by atoms with Crippen LogP contribution in [-0.4, -0.2) is 5.71 Å². The fourth-order valence-electron chi connectivity index (χ4n) is 1.45. The van der Waals surface area contributed by atoms with Gasteiger partial charge in [-0.1, -0.05) is 67.3 Å². The molecule has 0 unspecified atom stereocenters. The van der Waals surface area contributed by atoms with E-state index in [2.05, 4.69) is 6.58 Å². The molecule has 3 heteroatoms. The van der Waals surface area contributed by atoms with Crippen LogP contribution in [0.4, 0.5) is 0 Å². The Balaban J connectivity index is 0.00000324. The van der Waals surface area contributed by atoms with Gasteiger partial charge in [-0.2, -0.15) is 5.71 Å². The standard InChI is InChI=1S/C16H16N2.Y/c1-3-8-13(9-4-2)15(17)12-16(18)14-10-6-5-7-11-14;/h3-12,17H,1H2,2H3;/q-2;/b9-4-,13-8+,15-12-;. The third kappa shape index (κ3) is 5.95. The van der Waals surface area contributed by atoms with E-state index in [1.165, 1.54) is 6.08 Å². The third-order valence-corrected chi connectivity index (χ3v) is 2.31. The van der Waals surface area contributed by atoms with Gasteiger partial charge in [-0.25, -0.2) is 0 Å². The van der Waals surface area contributed by atoms with Gasteiger partial charge in [-0.15, -0.1) is 5.70 Å². The van der Waals surface area contributed by atoms with Crippen LogP contribution in [0.15, 0.2) is 78.6 Å². The Morgan fingerprint density at radius 3 is 2.42 bits per heavy atom. The molecular formula is C16H16N2Y-2. The second-order valence-electron chi connectivity index (χ2n) is 3.67. The second kappa shape index (κ2) is 9.65. The van der Waals surface area contributed by atoms with Crippen LogP contribution < -0.4 is 0 Å². The molecule has 1 rings (SSSR count). The predicted octanol–water partition coefficient (Wildman–Crippen LogP) is 4.67. The van der Waals surface area contributed by atoms with Crippen LogP contribution in [0.5, 0.6) is 0 Å². The third-order valence-electron chi connectivity index (χ3n) is 2.31. The summed E-state index contributed by atoms with van der Waals surface area (Å²) in [5.41, 5.74) is 9.66. The number of allylic oxidation sites excluding steroid dienone is 5. The first-order chi connectivity index (χ1) is 8.69. The molecule has 19 heavy (non-hydrogen) atoms. The van der Waals surface area contributed by atoms with E-state index in [0.717, 1.165) is 0 Å². The monoisotopic (exact) mass is 325 g/mol. The molecule has 0 bridgehead atoms. The molecule has 0 amide bonds. The summed E-state index contributed by atoms with van der Waals surface area (Å²) < 4.78 is 0. The molecule has 0 saturated carbocycles. The maximum Gasteiger partial charge on any atom is 0 e. The van der Waals surface area contributed by atoms with Gasteiger partial charge in [0, 0.05) is 32.7 Å². The Hall–Kier alpha value is -1.25. The van der Waals surface area contributed by atoms with E-state index in [1.54, 1.807) is 30.4 Å². The van der Waals surface area contributed by atoms with Crippen LogP contribution in [0.3, 0.4) is 0 Å². The summed E-state index contributed by atoms with van der Waals surface area (Å²) in [5, 5.41) is 9.92. The zero-order valence-corrected chi connectivity index (χ0v) is 13.8. The first-order valence-corrected chi connectivity index (χ1v) is 5.69. The minimum Gasteiger partial charge on any atom is -0.803 e. The summed E-state index contributed by atoms with van der Waals surface area (Å²) in [6.07, 6.45) is 8.44. The van der Waals surface area contributed by atoms with Crippen molar-refractivity contribution in [3.05, 3.63) is 95.3 Å². The molecule has 0 atom stereocenters. The van der Waals surface area contributed by atoms with Crippen molar-refractivity contribution in [2.75, 3.05) is 0 Å². The number of nitrogens with one attached hydrogen (secondary N) is 1. The van der Waals surface area contributed by atoms with Gasteiger partial charge in [0.1, 0.15) is 0 Å². The summed E-state index contributed by atoms with van der Waals surface area (Å²) >= 11 is 0. The zero-order chi connectivity index (χ0) is 13.4. The maximum atomic E-state index is 9.92. The molecule has 2 nitrogen and oxygen atoms in total. The van der Waals surface area contributed by atoms with Crippen molar-refractivity contribution in [1.29, 1.82) is 0 Å². The molecular weight excluding hydrogens is 309 g/mol. The minimum atomic E-state index is 0. The first-order valence-electron chi connectivity index (χ1n) is 5.69. The minimum absolute atomic E-state index is 0.